The number of unbranched alkanes of at least 4 members (excludes halogenated alkanes) is 1. The topological polar surface area (TPSA) is 32.3 Å². The van der Waals surface area contributed by atoms with Crippen LogP contribution in [0.4, 0.5) is 5.69 Å². The Kier molecular flexibility index (Phi) is 5.09. The Bertz CT molecular complexity index is 639. The number of hydrogen-bond acceptors (Lipinski definition) is 2. The molecule has 2 aromatic carbocycles. The fourth-order valence-corrected chi connectivity index (χ4v) is 3.05. The van der Waals surface area contributed by atoms with E-state index < -0.39 is 0 Å². The maximum absolute atomic E-state index is 12.2. The highest BCUT2D eigenvalue weighted by atomic mass is 16.2. The lowest BCUT2D eigenvalue weighted by Crippen LogP contribution is -2.29. The van der Waals surface area contributed by atoms with Crippen LogP contribution in [-0.4, -0.2) is 17.4 Å². The van der Waals surface area contributed by atoms with Gasteiger partial charge in [0.2, 0.25) is 5.91 Å². The van der Waals surface area contributed by atoms with Crippen molar-refractivity contribution in [3.63, 3.8) is 0 Å². The van der Waals surface area contributed by atoms with Gasteiger partial charge in [0, 0.05) is 18.8 Å². The summed E-state index contributed by atoms with van der Waals surface area (Å²) in [5.41, 5.74) is 4.88. The van der Waals surface area contributed by atoms with Crippen LogP contribution in [0, 0.1) is 0 Å². The van der Waals surface area contributed by atoms with Gasteiger partial charge in [-0.2, -0.15) is 0 Å². The lowest BCUT2D eigenvalue weighted by atomic mass is 10.1. The Labute approximate surface area is 138 Å². The summed E-state index contributed by atoms with van der Waals surface area (Å²) in [6, 6.07) is 16.6. The summed E-state index contributed by atoms with van der Waals surface area (Å²) < 4.78 is 0. The van der Waals surface area contributed by atoms with Crippen LogP contribution in [0.5, 0.6) is 0 Å². The molecule has 0 fully saturated rings. The van der Waals surface area contributed by atoms with Gasteiger partial charge in [-0.05, 0) is 41.7 Å². The monoisotopic (exact) mass is 308 g/mol. The number of anilines is 1. The van der Waals surface area contributed by atoms with Crippen LogP contribution < -0.4 is 5.32 Å². The first-order valence-electron chi connectivity index (χ1n) is 8.42. The Balaban J connectivity index is 1.50. The van der Waals surface area contributed by atoms with Crippen LogP contribution in [0.3, 0.4) is 0 Å². The zero-order chi connectivity index (χ0) is 16.1. The number of carbonyl (C=O) groups excluding carboxylic acids is 1. The molecule has 0 atom stereocenters. The molecule has 0 aromatic heterocycles. The summed E-state index contributed by atoms with van der Waals surface area (Å²) in [5, 5.41) is 3.00. The summed E-state index contributed by atoms with van der Waals surface area (Å²) >= 11 is 0. The molecular weight excluding hydrogens is 284 g/mol. The minimum atomic E-state index is 0.0547. The third-order valence-electron chi connectivity index (χ3n) is 4.33. The number of amides is 1. The van der Waals surface area contributed by atoms with Crippen LogP contribution in [0.1, 0.15) is 36.5 Å². The first-order chi connectivity index (χ1) is 11.2. The number of hydrogen-bond donors (Lipinski definition) is 1. The molecule has 3 nitrogen and oxygen atoms in total. The molecule has 1 heterocycles. The van der Waals surface area contributed by atoms with Gasteiger partial charge >= 0.3 is 0 Å². The maximum atomic E-state index is 12.2. The average molecular weight is 308 g/mol. The van der Waals surface area contributed by atoms with Crippen LogP contribution in [0.2, 0.25) is 0 Å². The van der Waals surface area contributed by atoms with Crippen molar-refractivity contribution >= 4 is 11.6 Å². The minimum absolute atomic E-state index is 0.0547. The van der Waals surface area contributed by atoms with Crippen LogP contribution >= 0.6 is 0 Å². The molecule has 1 aliphatic rings. The zero-order valence-electron chi connectivity index (χ0n) is 13.7. The van der Waals surface area contributed by atoms with E-state index in [0.717, 1.165) is 25.2 Å². The number of benzene rings is 2. The van der Waals surface area contributed by atoms with Crippen molar-refractivity contribution in [3.05, 3.63) is 65.2 Å². The van der Waals surface area contributed by atoms with Crippen LogP contribution in [-0.2, 0) is 24.3 Å². The number of aryl methyl sites for hydroxylation is 1. The van der Waals surface area contributed by atoms with E-state index in [1.54, 1.807) is 0 Å². The van der Waals surface area contributed by atoms with Crippen LogP contribution in [0.15, 0.2) is 48.5 Å². The quantitative estimate of drug-likeness (QED) is 0.875. The predicted octanol–water partition coefficient (Wildman–Crippen LogP) is 3.98. The minimum Gasteiger partial charge on any atom is -0.325 e. The first-order valence-corrected chi connectivity index (χ1v) is 8.42. The molecule has 0 bridgehead atoms. The van der Waals surface area contributed by atoms with Gasteiger partial charge in [0.15, 0.2) is 0 Å². The zero-order valence-corrected chi connectivity index (χ0v) is 13.7. The molecule has 2 aromatic rings. The average Bonchev–Trinajstić information content (AvgIpc) is 2.96. The molecule has 1 aliphatic heterocycles. The van der Waals surface area contributed by atoms with E-state index >= 15 is 0 Å². The summed E-state index contributed by atoms with van der Waals surface area (Å²) in [6.07, 6.45) is 3.52. The van der Waals surface area contributed by atoms with Crippen molar-refractivity contribution in [3.8, 4) is 0 Å². The van der Waals surface area contributed by atoms with E-state index in [1.165, 1.54) is 29.5 Å². The molecule has 1 N–H and O–H groups in total. The number of nitrogens with one attached hydrogen (secondary N) is 1. The van der Waals surface area contributed by atoms with E-state index in [0.29, 0.717) is 6.54 Å². The fourth-order valence-electron chi connectivity index (χ4n) is 3.05. The second-order valence-electron chi connectivity index (χ2n) is 6.26. The van der Waals surface area contributed by atoms with Crippen LogP contribution in [0.25, 0.3) is 0 Å². The molecule has 0 spiro atoms. The highest BCUT2D eigenvalue weighted by molar-refractivity contribution is 5.92. The molecule has 0 saturated heterocycles. The molecule has 0 aliphatic carbocycles. The molecular formula is C20H24N2O. The largest absolute Gasteiger partial charge is 0.325 e. The molecule has 0 unspecified atom stereocenters. The van der Waals surface area contributed by atoms with E-state index in [1.807, 2.05) is 12.1 Å². The van der Waals surface area contributed by atoms with Gasteiger partial charge in [-0.25, -0.2) is 0 Å². The standard InChI is InChI=1S/C20H24N2O/c1-2-3-6-16-9-11-19(12-10-16)21-20(23)15-22-13-17-7-4-5-8-18(17)14-22/h4-5,7-12H,2-3,6,13-15H2,1H3,(H,21,23). The van der Waals surface area contributed by atoms with E-state index in [-0.39, 0.29) is 5.91 Å². The van der Waals surface area contributed by atoms with Gasteiger partial charge in [0.05, 0.1) is 6.54 Å². The second-order valence-corrected chi connectivity index (χ2v) is 6.26. The fraction of sp³-hybridized carbons (Fsp3) is 0.350. The molecule has 0 radical (unpaired) electrons. The third kappa shape index (κ3) is 4.20. The van der Waals surface area contributed by atoms with Crippen molar-refractivity contribution in [2.24, 2.45) is 0 Å². The van der Waals surface area contributed by atoms with E-state index in [9.17, 15) is 4.79 Å². The van der Waals surface area contributed by atoms with Gasteiger partial charge in [-0.3, -0.25) is 9.69 Å². The van der Waals surface area contributed by atoms with Crippen molar-refractivity contribution in [1.82, 2.24) is 4.90 Å². The smallest absolute Gasteiger partial charge is 0.238 e. The van der Waals surface area contributed by atoms with Crippen molar-refractivity contribution < 1.29 is 4.79 Å². The molecule has 3 rings (SSSR count). The van der Waals surface area contributed by atoms with E-state index in [4.69, 9.17) is 0 Å². The molecule has 0 saturated carbocycles. The summed E-state index contributed by atoms with van der Waals surface area (Å²) in [6.45, 7) is 4.36. The molecule has 3 heteroatoms. The Hall–Kier alpha value is -2.13. The van der Waals surface area contributed by atoms with E-state index in [2.05, 4.69) is 53.5 Å². The number of rotatable bonds is 6. The lowest BCUT2D eigenvalue weighted by Gasteiger charge is -2.14. The first kappa shape index (κ1) is 15.8. The summed E-state index contributed by atoms with van der Waals surface area (Å²) in [4.78, 5) is 14.4. The highest BCUT2D eigenvalue weighted by Crippen LogP contribution is 2.21. The van der Waals surface area contributed by atoms with Crippen molar-refractivity contribution in [2.45, 2.75) is 39.3 Å². The molecule has 23 heavy (non-hydrogen) atoms. The second kappa shape index (κ2) is 7.42. The highest BCUT2D eigenvalue weighted by Gasteiger charge is 2.20. The number of nitrogens with zero attached hydrogens (tertiary/aromatic N) is 1. The van der Waals surface area contributed by atoms with Gasteiger partial charge in [-0.1, -0.05) is 49.7 Å². The third-order valence-corrected chi connectivity index (χ3v) is 4.33. The Morgan fingerprint density at radius 3 is 2.30 bits per heavy atom. The molecule has 1 amide bonds. The van der Waals surface area contributed by atoms with Gasteiger partial charge in [0.1, 0.15) is 0 Å². The van der Waals surface area contributed by atoms with Crippen molar-refractivity contribution in [2.75, 3.05) is 11.9 Å². The normalized spacial score (nSPS) is 13.8. The maximum Gasteiger partial charge on any atom is 0.238 e. The van der Waals surface area contributed by atoms with Gasteiger partial charge in [-0.15, -0.1) is 0 Å². The molecule has 120 valence electrons. The number of carbonyl (C=O) groups is 1. The van der Waals surface area contributed by atoms with Gasteiger partial charge < -0.3 is 5.32 Å². The lowest BCUT2D eigenvalue weighted by molar-refractivity contribution is -0.117. The predicted molar refractivity (Wildman–Crippen MR) is 94.2 cm³/mol. The Morgan fingerprint density at radius 1 is 1.04 bits per heavy atom. The SMILES string of the molecule is CCCCc1ccc(NC(=O)CN2Cc3ccccc3C2)cc1. The Morgan fingerprint density at radius 2 is 1.70 bits per heavy atom. The van der Waals surface area contributed by atoms with Gasteiger partial charge in [0.25, 0.3) is 0 Å². The van der Waals surface area contributed by atoms with Crippen molar-refractivity contribution in [1.29, 1.82) is 0 Å². The summed E-state index contributed by atoms with van der Waals surface area (Å²) in [5.74, 6) is 0.0547. The summed E-state index contributed by atoms with van der Waals surface area (Å²) in [7, 11) is 0. The number of fused-ring (bicyclic) bond motifs is 1.